The van der Waals surface area contributed by atoms with Gasteiger partial charge in [-0.2, -0.15) is 13.2 Å². The minimum atomic E-state index is -4.41. The van der Waals surface area contributed by atoms with Crippen molar-refractivity contribution in [3.8, 4) is 0 Å². The van der Waals surface area contributed by atoms with Crippen LogP contribution in [0.3, 0.4) is 0 Å². The number of benzene rings is 1. The molecular weight excluding hydrogens is 309 g/mol. The highest BCUT2D eigenvalue weighted by molar-refractivity contribution is 9.10. The van der Waals surface area contributed by atoms with Gasteiger partial charge in [0.1, 0.15) is 0 Å². The highest BCUT2D eigenvalue weighted by atomic mass is 79.9. The van der Waals surface area contributed by atoms with Crippen LogP contribution in [0.15, 0.2) is 22.7 Å². The Morgan fingerprint density at radius 3 is 2.44 bits per heavy atom. The van der Waals surface area contributed by atoms with E-state index in [4.69, 9.17) is 0 Å². The van der Waals surface area contributed by atoms with Crippen molar-refractivity contribution in [1.29, 1.82) is 0 Å². The van der Waals surface area contributed by atoms with Crippen molar-refractivity contribution in [2.75, 3.05) is 0 Å². The number of rotatable bonds is 4. The quantitative estimate of drug-likeness (QED) is 0.831. The Morgan fingerprint density at radius 1 is 1.33 bits per heavy atom. The van der Waals surface area contributed by atoms with Crippen LogP contribution in [0.25, 0.3) is 0 Å². The third-order valence-corrected chi connectivity index (χ3v) is 3.69. The van der Waals surface area contributed by atoms with Gasteiger partial charge in [0.15, 0.2) is 0 Å². The number of alkyl halides is 3. The summed E-state index contributed by atoms with van der Waals surface area (Å²) < 4.78 is 38.1. The molecule has 0 fully saturated rings. The van der Waals surface area contributed by atoms with Gasteiger partial charge in [0.25, 0.3) is 0 Å². The van der Waals surface area contributed by atoms with Crippen molar-refractivity contribution in [3.63, 3.8) is 0 Å². The minimum absolute atomic E-state index is 0.00510. The smallest absolute Gasteiger partial charge is 0.388 e. The summed E-state index contributed by atoms with van der Waals surface area (Å²) in [4.78, 5) is 0. The molecule has 18 heavy (non-hydrogen) atoms. The topological polar surface area (TPSA) is 20.2 Å². The van der Waals surface area contributed by atoms with Gasteiger partial charge in [-0.15, -0.1) is 0 Å². The zero-order valence-corrected chi connectivity index (χ0v) is 11.8. The lowest BCUT2D eigenvalue weighted by molar-refractivity contribution is -0.138. The number of aliphatic hydroxyl groups is 1. The van der Waals surface area contributed by atoms with Crippen molar-refractivity contribution >= 4 is 15.9 Å². The van der Waals surface area contributed by atoms with Gasteiger partial charge in [-0.1, -0.05) is 42.3 Å². The van der Waals surface area contributed by atoms with Gasteiger partial charge in [-0.25, -0.2) is 0 Å². The van der Waals surface area contributed by atoms with Gasteiger partial charge in [0, 0.05) is 4.47 Å². The molecule has 0 spiro atoms. The van der Waals surface area contributed by atoms with E-state index < -0.39 is 17.8 Å². The maximum absolute atomic E-state index is 12.7. The van der Waals surface area contributed by atoms with Crippen LogP contribution in [0.2, 0.25) is 0 Å². The van der Waals surface area contributed by atoms with E-state index >= 15 is 0 Å². The molecule has 1 aromatic rings. The van der Waals surface area contributed by atoms with Crippen LogP contribution in [-0.4, -0.2) is 5.11 Å². The van der Waals surface area contributed by atoms with Crippen molar-refractivity contribution in [2.45, 2.75) is 39.0 Å². The first kappa shape index (κ1) is 15.5. The van der Waals surface area contributed by atoms with Crippen molar-refractivity contribution < 1.29 is 18.3 Å². The van der Waals surface area contributed by atoms with Crippen molar-refractivity contribution in [2.24, 2.45) is 5.92 Å². The lowest BCUT2D eigenvalue weighted by atomic mass is 9.95. The second-order valence-corrected chi connectivity index (χ2v) is 5.36. The largest absolute Gasteiger partial charge is 0.417 e. The van der Waals surface area contributed by atoms with Crippen LogP contribution in [0.1, 0.15) is 43.9 Å². The molecule has 1 N–H and O–H groups in total. The summed E-state index contributed by atoms with van der Waals surface area (Å²) in [6, 6.07) is 3.86. The number of halogens is 4. The van der Waals surface area contributed by atoms with Gasteiger partial charge >= 0.3 is 6.18 Å². The highest BCUT2D eigenvalue weighted by Crippen LogP contribution is 2.37. The fourth-order valence-corrected chi connectivity index (χ4v) is 2.12. The molecule has 0 heterocycles. The third-order valence-electron chi connectivity index (χ3n) is 3.00. The molecule has 0 aromatic heterocycles. The van der Waals surface area contributed by atoms with Gasteiger partial charge in [-0.05, 0) is 30.0 Å². The van der Waals surface area contributed by atoms with Crippen LogP contribution in [-0.2, 0) is 6.18 Å². The van der Waals surface area contributed by atoms with E-state index in [0.29, 0.717) is 12.0 Å². The lowest BCUT2D eigenvalue weighted by Crippen LogP contribution is -2.09. The van der Waals surface area contributed by atoms with Crippen LogP contribution >= 0.6 is 15.9 Å². The zero-order chi connectivity index (χ0) is 13.9. The average Bonchev–Trinajstić information content (AvgIpc) is 2.27. The lowest BCUT2D eigenvalue weighted by Gasteiger charge is -2.17. The average molecular weight is 325 g/mol. The highest BCUT2D eigenvalue weighted by Gasteiger charge is 2.33. The first-order valence-electron chi connectivity index (χ1n) is 5.80. The molecule has 1 aromatic carbocycles. The van der Waals surface area contributed by atoms with Crippen LogP contribution in [0.5, 0.6) is 0 Å². The SMILES string of the molecule is CCC(C)CC(O)c1ccc(Br)c(C(F)(F)F)c1. The summed E-state index contributed by atoms with van der Waals surface area (Å²) in [5.74, 6) is 0.276. The van der Waals surface area contributed by atoms with E-state index in [1.54, 1.807) is 0 Å². The van der Waals surface area contributed by atoms with Gasteiger partial charge in [0.05, 0.1) is 11.7 Å². The Labute approximate surface area is 113 Å². The summed E-state index contributed by atoms with van der Waals surface area (Å²) in [5.41, 5.74) is -0.436. The van der Waals surface area contributed by atoms with Gasteiger partial charge in [-0.3, -0.25) is 0 Å². The van der Waals surface area contributed by atoms with E-state index in [1.165, 1.54) is 12.1 Å². The molecule has 102 valence electrons. The van der Waals surface area contributed by atoms with E-state index in [1.807, 2.05) is 13.8 Å². The second-order valence-electron chi connectivity index (χ2n) is 4.50. The maximum Gasteiger partial charge on any atom is 0.417 e. The number of hydrogen-bond donors (Lipinski definition) is 1. The molecule has 1 rings (SSSR count). The Balaban J connectivity index is 2.98. The third kappa shape index (κ3) is 3.99. The summed E-state index contributed by atoms with van der Waals surface area (Å²) in [6.07, 6.45) is -3.91. The number of aliphatic hydroxyl groups excluding tert-OH is 1. The summed E-state index contributed by atoms with van der Waals surface area (Å²) in [7, 11) is 0. The Hall–Kier alpha value is -0.550. The van der Waals surface area contributed by atoms with Crippen molar-refractivity contribution in [1.82, 2.24) is 0 Å². The zero-order valence-electron chi connectivity index (χ0n) is 10.3. The molecule has 1 nitrogen and oxygen atoms in total. The predicted molar refractivity (Wildman–Crippen MR) is 68.2 cm³/mol. The molecule has 0 aliphatic carbocycles. The summed E-state index contributed by atoms with van der Waals surface area (Å²) >= 11 is 2.88. The first-order chi connectivity index (χ1) is 8.25. The fourth-order valence-electron chi connectivity index (χ4n) is 1.65. The van der Waals surface area contributed by atoms with Gasteiger partial charge in [0.2, 0.25) is 0 Å². The second kappa shape index (κ2) is 6.06. The Kier molecular flexibility index (Phi) is 5.22. The molecule has 2 unspecified atom stereocenters. The normalized spacial score (nSPS) is 15.5. The molecule has 0 aliphatic heterocycles. The molecule has 0 bridgehead atoms. The fraction of sp³-hybridized carbons (Fsp3) is 0.538. The molecule has 0 saturated carbocycles. The minimum Gasteiger partial charge on any atom is -0.388 e. The summed E-state index contributed by atoms with van der Waals surface area (Å²) in [5, 5.41) is 9.92. The molecule has 0 aliphatic rings. The van der Waals surface area contributed by atoms with E-state index in [-0.39, 0.29) is 10.4 Å². The summed E-state index contributed by atoms with van der Waals surface area (Å²) in [6.45, 7) is 3.95. The van der Waals surface area contributed by atoms with Crippen LogP contribution in [0, 0.1) is 5.92 Å². The first-order valence-corrected chi connectivity index (χ1v) is 6.59. The standard InChI is InChI=1S/C13H16BrF3O/c1-3-8(2)6-12(18)9-4-5-11(14)10(7-9)13(15,16)17/h4-5,7-8,12,18H,3,6H2,1-2H3. The molecule has 0 amide bonds. The molecule has 0 saturated heterocycles. The molecular formula is C13H16BrF3O. The molecule has 2 atom stereocenters. The number of hydrogen-bond acceptors (Lipinski definition) is 1. The molecule has 0 radical (unpaired) electrons. The van der Waals surface area contributed by atoms with Crippen molar-refractivity contribution in [3.05, 3.63) is 33.8 Å². The monoisotopic (exact) mass is 324 g/mol. The maximum atomic E-state index is 12.7. The molecule has 5 heteroatoms. The van der Waals surface area contributed by atoms with E-state index in [0.717, 1.165) is 12.5 Å². The predicted octanol–water partition coefficient (Wildman–Crippen LogP) is 4.94. The Morgan fingerprint density at radius 2 is 1.94 bits per heavy atom. The van der Waals surface area contributed by atoms with Gasteiger partial charge < -0.3 is 5.11 Å². The van der Waals surface area contributed by atoms with Crippen LogP contribution in [0.4, 0.5) is 13.2 Å². The van der Waals surface area contributed by atoms with E-state index in [9.17, 15) is 18.3 Å². The van der Waals surface area contributed by atoms with E-state index in [2.05, 4.69) is 15.9 Å². The van der Waals surface area contributed by atoms with Crippen LogP contribution < -0.4 is 0 Å². The Bertz CT molecular complexity index is 404.